The second-order valence-electron chi connectivity index (χ2n) is 6.08. The number of fused-ring (bicyclic) bond motifs is 1. The maximum absolute atomic E-state index is 5.99. The first kappa shape index (κ1) is 16.3. The number of nitrogens with two attached hydrogens (primary N) is 1. The molecule has 2 aromatic carbocycles. The van der Waals surface area contributed by atoms with Gasteiger partial charge < -0.3 is 10.5 Å². The van der Waals surface area contributed by atoms with Gasteiger partial charge in [-0.05, 0) is 49.1 Å². The molecule has 0 amide bonds. The number of ether oxygens (including phenoxy) is 1. The van der Waals surface area contributed by atoms with Gasteiger partial charge in [0.1, 0.15) is 5.75 Å². The Labute approximate surface area is 143 Å². The zero-order valence-electron chi connectivity index (χ0n) is 13.9. The fourth-order valence-corrected chi connectivity index (χ4v) is 2.86. The van der Waals surface area contributed by atoms with E-state index in [0.717, 1.165) is 35.4 Å². The predicted octanol–water partition coefficient (Wildman–Crippen LogP) is 5.00. The zero-order chi connectivity index (χ0) is 16.6. The van der Waals surface area contributed by atoms with E-state index in [-0.39, 0.29) is 0 Å². The van der Waals surface area contributed by atoms with E-state index >= 15 is 0 Å². The number of hydrogen-bond donors (Lipinski definition) is 1. The van der Waals surface area contributed by atoms with Crippen molar-refractivity contribution in [3.05, 3.63) is 66.4 Å². The number of rotatable bonds is 8. The number of pyridine rings is 1. The van der Waals surface area contributed by atoms with Gasteiger partial charge in [-0.1, -0.05) is 43.2 Å². The fraction of sp³-hybridized carbons (Fsp3) is 0.286. The van der Waals surface area contributed by atoms with E-state index in [1.54, 1.807) is 6.20 Å². The van der Waals surface area contributed by atoms with E-state index in [1.165, 1.54) is 31.2 Å². The standard InChI is InChI=1S/C21H24N2O/c22-20-13-14-23-21-12-11-18(16-19(20)21)24-15-7-2-1-4-8-17-9-5-3-6-10-17/h3,5-6,9-14,16H,1-2,4,7-8,15H2,(H2,22,23). The molecule has 3 nitrogen and oxygen atoms in total. The van der Waals surface area contributed by atoms with Gasteiger partial charge in [0.05, 0.1) is 12.1 Å². The highest BCUT2D eigenvalue weighted by molar-refractivity contribution is 5.90. The number of unbranched alkanes of at least 4 members (excludes halogenated alkanes) is 3. The summed E-state index contributed by atoms with van der Waals surface area (Å²) < 4.78 is 5.85. The molecular weight excluding hydrogens is 296 g/mol. The summed E-state index contributed by atoms with van der Waals surface area (Å²) >= 11 is 0. The Hall–Kier alpha value is -2.55. The summed E-state index contributed by atoms with van der Waals surface area (Å²) in [7, 11) is 0. The van der Waals surface area contributed by atoms with Crippen LogP contribution in [0.4, 0.5) is 5.69 Å². The van der Waals surface area contributed by atoms with E-state index in [0.29, 0.717) is 0 Å². The van der Waals surface area contributed by atoms with E-state index in [2.05, 4.69) is 35.3 Å². The molecule has 0 atom stereocenters. The highest BCUT2D eigenvalue weighted by atomic mass is 16.5. The SMILES string of the molecule is Nc1ccnc2ccc(OCCCCCCc3ccccc3)cc12. The van der Waals surface area contributed by atoms with E-state index in [9.17, 15) is 0 Å². The zero-order valence-corrected chi connectivity index (χ0v) is 13.9. The largest absolute Gasteiger partial charge is 0.494 e. The van der Waals surface area contributed by atoms with Crippen LogP contribution in [0.1, 0.15) is 31.2 Å². The summed E-state index contributed by atoms with van der Waals surface area (Å²) in [5, 5.41) is 0.956. The van der Waals surface area contributed by atoms with Crippen LogP contribution in [0.2, 0.25) is 0 Å². The minimum absolute atomic E-state index is 0.742. The Bertz CT molecular complexity index is 771. The summed E-state index contributed by atoms with van der Waals surface area (Å²) in [6.07, 6.45) is 7.65. The van der Waals surface area contributed by atoms with Gasteiger partial charge in [0.15, 0.2) is 0 Å². The molecule has 0 bridgehead atoms. The first-order valence-electron chi connectivity index (χ1n) is 8.64. The van der Waals surface area contributed by atoms with Gasteiger partial charge >= 0.3 is 0 Å². The van der Waals surface area contributed by atoms with Crippen LogP contribution in [-0.4, -0.2) is 11.6 Å². The van der Waals surface area contributed by atoms with Crippen molar-refractivity contribution >= 4 is 16.6 Å². The lowest BCUT2D eigenvalue weighted by Crippen LogP contribution is -1.98. The second kappa shape index (κ2) is 8.34. The quantitative estimate of drug-likeness (QED) is 0.594. The molecule has 3 aromatic rings. The molecule has 1 aromatic heterocycles. The fourth-order valence-electron chi connectivity index (χ4n) is 2.86. The van der Waals surface area contributed by atoms with Crippen LogP contribution in [-0.2, 0) is 6.42 Å². The van der Waals surface area contributed by atoms with Gasteiger partial charge in [0, 0.05) is 17.3 Å². The van der Waals surface area contributed by atoms with Crippen LogP contribution >= 0.6 is 0 Å². The molecule has 1 heterocycles. The van der Waals surface area contributed by atoms with Gasteiger partial charge in [-0.3, -0.25) is 4.98 Å². The number of nitrogens with zero attached hydrogens (tertiary/aromatic N) is 1. The van der Waals surface area contributed by atoms with Crippen molar-refractivity contribution in [2.45, 2.75) is 32.1 Å². The molecule has 0 fully saturated rings. The third-order valence-electron chi connectivity index (χ3n) is 4.22. The van der Waals surface area contributed by atoms with Crippen molar-refractivity contribution in [1.82, 2.24) is 4.98 Å². The Morgan fingerprint density at radius 1 is 0.875 bits per heavy atom. The van der Waals surface area contributed by atoms with Crippen LogP contribution in [0.25, 0.3) is 10.9 Å². The number of aryl methyl sites for hydroxylation is 1. The molecule has 0 aliphatic rings. The Kier molecular flexibility index (Phi) is 5.67. The topological polar surface area (TPSA) is 48.1 Å². The molecule has 0 aliphatic heterocycles. The van der Waals surface area contributed by atoms with Crippen molar-refractivity contribution in [2.75, 3.05) is 12.3 Å². The van der Waals surface area contributed by atoms with Gasteiger partial charge in [0.2, 0.25) is 0 Å². The third kappa shape index (κ3) is 4.48. The van der Waals surface area contributed by atoms with Crippen LogP contribution in [0, 0.1) is 0 Å². The van der Waals surface area contributed by atoms with E-state index in [4.69, 9.17) is 10.5 Å². The van der Waals surface area contributed by atoms with Crippen molar-refractivity contribution < 1.29 is 4.74 Å². The first-order valence-corrected chi connectivity index (χ1v) is 8.64. The van der Waals surface area contributed by atoms with Crippen LogP contribution in [0.3, 0.4) is 0 Å². The molecule has 0 unspecified atom stereocenters. The number of benzene rings is 2. The van der Waals surface area contributed by atoms with Gasteiger partial charge in [-0.25, -0.2) is 0 Å². The average molecular weight is 320 g/mol. The highest BCUT2D eigenvalue weighted by Crippen LogP contribution is 2.24. The maximum Gasteiger partial charge on any atom is 0.120 e. The minimum atomic E-state index is 0.742. The number of aromatic nitrogens is 1. The molecule has 3 heteroatoms. The molecule has 2 N–H and O–H groups in total. The predicted molar refractivity (Wildman–Crippen MR) is 100 cm³/mol. The average Bonchev–Trinajstić information content (AvgIpc) is 2.62. The van der Waals surface area contributed by atoms with E-state index in [1.807, 2.05) is 24.3 Å². The number of anilines is 1. The monoisotopic (exact) mass is 320 g/mol. The molecule has 24 heavy (non-hydrogen) atoms. The minimum Gasteiger partial charge on any atom is -0.494 e. The second-order valence-corrected chi connectivity index (χ2v) is 6.08. The summed E-state index contributed by atoms with van der Waals surface area (Å²) in [5.74, 6) is 0.867. The van der Waals surface area contributed by atoms with Crippen molar-refractivity contribution in [3.63, 3.8) is 0 Å². The van der Waals surface area contributed by atoms with Crippen LogP contribution < -0.4 is 10.5 Å². The summed E-state index contributed by atoms with van der Waals surface area (Å²) in [4.78, 5) is 4.30. The smallest absolute Gasteiger partial charge is 0.120 e. The molecule has 0 saturated carbocycles. The summed E-state index contributed by atoms with van der Waals surface area (Å²) in [5.41, 5.74) is 9.06. The maximum atomic E-state index is 5.99. The van der Waals surface area contributed by atoms with Gasteiger partial charge in [0.25, 0.3) is 0 Å². The van der Waals surface area contributed by atoms with Crippen molar-refractivity contribution in [3.8, 4) is 5.75 Å². The van der Waals surface area contributed by atoms with Gasteiger partial charge in [-0.15, -0.1) is 0 Å². The van der Waals surface area contributed by atoms with Crippen molar-refractivity contribution in [1.29, 1.82) is 0 Å². The molecule has 0 saturated heterocycles. The third-order valence-corrected chi connectivity index (χ3v) is 4.22. The molecule has 3 rings (SSSR count). The Balaban J connectivity index is 1.37. The lowest BCUT2D eigenvalue weighted by Gasteiger charge is -2.08. The van der Waals surface area contributed by atoms with Crippen LogP contribution in [0.15, 0.2) is 60.8 Å². The normalized spacial score (nSPS) is 10.8. The number of nitrogen functional groups attached to an aromatic ring is 1. The first-order chi connectivity index (χ1) is 11.8. The summed E-state index contributed by atoms with van der Waals surface area (Å²) in [6, 6.07) is 18.4. The molecular formula is C21H24N2O. The highest BCUT2D eigenvalue weighted by Gasteiger charge is 2.01. The molecule has 0 spiro atoms. The van der Waals surface area contributed by atoms with Crippen LogP contribution in [0.5, 0.6) is 5.75 Å². The lowest BCUT2D eigenvalue weighted by molar-refractivity contribution is 0.305. The van der Waals surface area contributed by atoms with E-state index < -0.39 is 0 Å². The number of hydrogen-bond acceptors (Lipinski definition) is 3. The molecule has 124 valence electrons. The molecule has 0 aliphatic carbocycles. The lowest BCUT2D eigenvalue weighted by atomic mass is 10.1. The molecule has 0 radical (unpaired) electrons. The Morgan fingerprint density at radius 3 is 2.58 bits per heavy atom. The summed E-state index contributed by atoms with van der Waals surface area (Å²) in [6.45, 7) is 0.747. The van der Waals surface area contributed by atoms with Crippen molar-refractivity contribution in [2.24, 2.45) is 0 Å². The van der Waals surface area contributed by atoms with Gasteiger partial charge in [-0.2, -0.15) is 0 Å². The Morgan fingerprint density at radius 2 is 1.71 bits per heavy atom.